The van der Waals surface area contributed by atoms with Crippen molar-refractivity contribution in [2.45, 2.75) is 38.7 Å². The number of hydrogen-bond donors (Lipinski definition) is 0. The van der Waals surface area contributed by atoms with Crippen molar-refractivity contribution in [1.82, 2.24) is 19.3 Å². The lowest BCUT2D eigenvalue weighted by Gasteiger charge is -2.34. The van der Waals surface area contributed by atoms with E-state index in [0.717, 1.165) is 68.3 Å². The summed E-state index contributed by atoms with van der Waals surface area (Å²) in [4.78, 5) is 15.9. The number of anilines is 1. The van der Waals surface area contributed by atoms with Gasteiger partial charge in [0.25, 0.3) is 0 Å². The van der Waals surface area contributed by atoms with Gasteiger partial charge in [0.2, 0.25) is 5.95 Å². The predicted molar refractivity (Wildman–Crippen MR) is 129 cm³/mol. The van der Waals surface area contributed by atoms with E-state index in [1.807, 2.05) is 29.8 Å². The third kappa shape index (κ3) is 4.38. The van der Waals surface area contributed by atoms with Gasteiger partial charge in [0.1, 0.15) is 11.9 Å². The highest BCUT2D eigenvalue weighted by Gasteiger charge is 2.34. The Labute approximate surface area is 190 Å². The average Bonchev–Trinajstić information content (AvgIpc) is 3.23. The third-order valence-corrected chi connectivity index (χ3v) is 8.23. The van der Waals surface area contributed by atoms with Crippen LogP contribution in [0.1, 0.15) is 36.1 Å². The van der Waals surface area contributed by atoms with Crippen LogP contribution in [0.25, 0.3) is 5.57 Å². The molecule has 0 amide bonds. The number of pyridine rings is 1. The average molecular weight is 454 g/mol. The molecule has 2 atom stereocenters. The summed E-state index contributed by atoms with van der Waals surface area (Å²) in [7, 11) is -2.15. The molecule has 5 heterocycles. The van der Waals surface area contributed by atoms with E-state index < -0.39 is 9.71 Å². The molecule has 1 fully saturated rings. The molecule has 0 aromatic carbocycles. The Bertz CT molecular complexity index is 1120. The van der Waals surface area contributed by atoms with Crippen LogP contribution in [0, 0.1) is 12.8 Å². The predicted octanol–water partition coefficient (Wildman–Crippen LogP) is 2.75. The zero-order chi connectivity index (χ0) is 22.3. The van der Waals surface area contributed by atoms with Crippen molar-refractivity contribution in [1.29, 1.82) is 0 Å². The van der Waals surface area contributed by atoms with Gasteiger partial charge in [-0.1, -0.05) is 6.08 Å². The number of nitrogens with zero attached hydrogens (tertiary/aromatic N) is 5. The molecular weight excluding hydrogens is 422 g/mol. The van der Waals surface area contributed by atoms with Crippen molar-refractivity contribution in [3.05, 3.63) is 47.6 Å². The van der Waals surface area contributed by atoms with E-state index >= 15 is 0 Å². The first-order chi connectivity index (χ1) is 15.4. The summed E-state index contributed by atoms with van der Waals surface area (Å²) in [6, 6.07) is 2.19. The topological polar surface area (TPSA) is 71.5 Å². The molecule has 3 aliphatic heterocycles. The minimum atomic E-state index is -2.15. The van der Waals surface area contributed by atoms with E-state index in [1.54, 1.807) is 6.26 Å². The van der Waals surface area contributed by atoms with E-state index in [4.69, 9.17) is 4.74 Å². The Hall–Kier alpha value is -2.45. The Morgan fingerprint density at radius 2 is 1.88 bits per heavy atom. The van der Waals surface area contributed by atoms with Crippen molar-refractivity contribution >= 4 is 27.1 Å². The number of aromatic nitrogens is 3. The molecule has 5 rings (SSSR count). The molecule has 0 saturated carbocycles. The van der Waals surface area contributed by atoms with Crippen molar-refractivity contribution in [3.63, 3.8) is 0 Å². The van der Waals surface area contributed by atoms with Gasteiger partial charge in [-0.15, -0.1) is 0 Å². The molecule has 0 bridgehead atoms. The highest BCUT2D eigenvalue weighted by molar-refractivity contribution is 7.97. The molecule has 2 aromatic heterocycles. The summed E-state index contributed by atoms with van der Waals surface area (Å²) in [5.74, 6) is 6.09. The zero-order valence-corrected chi connectivity index (χ0v) is 19.7. The van der Waals surface area contributed by atoms with E-state index in [9.17, 15) is 4.21 Å². The van der Waals surface area contributed by atoms with Crippen molar-refractivity contribution in [2.24, 2.45) is 5.92 Å². The quantitative estimate of drug-likeness (QED) is 0.663. The van der Waals surface area contributed by atoms with Crippen LogP contribution < -0.4 is 9.64 Å². The zero-order valence-electron chi connectivity index (χ0n) is 18.9. The lowest BCUT2D eigenvalue weighted by atomic mass is 9.89. The lowest BCUT2D eigenvalue weighted by Crippen LogP contribution is -2.40. The maximum atomic E-state index is 12.2. The van der Waals surface area contributed by atoms with E-state index in [0.29, 0.717) is 12.5 Å². The van der Waals surface area contributed by atoms with Gasteiger partial charge in [-0.25, -0.2) is 14.3 Å². The summed E-state index contributed by atoms with van der Waals surface area (Å²) in [5.41, 5.74) is 4.58. The second kappa shape index (κ2) is 8.48. The van der Waals surface area contributed by atoms with Crippen molar-refractivity contribution in [2.75, 3.05) is 37.3 Å². The Morgan fingerprint density at radius 3 is 2.53 bits per heavy atom. The van der Waals surface area contributed by atoms with Gasteiger partial charge in [-0.2, -0.15) is 0 Å². The maximum absolute atomic E-state index is 12.2. The van der Waals surface area contributed by atoms with Crippen molar-refractivity contribution in [3.8, 4) is 5.75 Å². The molecule has 2 aromatic rings. The number of ether oxygens (including phenoxy) is 1. The Balaban J connectivity index is 1.21. The van der Waals surface area contributed by atoms with Gasteiger partial charge >= 0.3 is 0 Å². The fourth-order valence-electron chi connectivity index (χ4n) is 4.86. The van der Waals surface area contributed by atoms with Gasteiger partial charge in [-0.3, -0.25) is 9.19 Å². The first kappa shape index (κ1) is 21.4. The second-order valence-electron chi connectivity index (χ2n) is 9.25. The number of rotatable bonds is 4. The molecule has 3 aliphatic rings. The van der Waals surface area contributed by atoms with Crippen LogP contribution in [0.2, 0.25) is 0 Å². The molecule has 1 unspecified atom stereocenters. The highest BCUT2D eigenvalue weighted by atomic mass is 32.2. The molecule has 1 saturated heterocycles. The number of fused-ring (bicyclic) bond motifs is 1. The normalized spacial score (nSPS) is 23.9. The van der Waals surface area contributed by atoms with Gasteiger partial charge in [-0.05, 0) is 55.2 Å². The molecule has 0 aliphatic carbocycles. The highest BCUT2D eigenvalue weighted by Crippen LogP contribution is 2.36. The molecule has 8 heteroatoms. The van der Waals surface area contributed by atoms with E-state index in [2.05, 4.69) is 37.9 Å². The number of piperidine rings is 1. The first-order valence-electron chi connectivity index (χ1n) is 11.3. The smallest absolute Gasteiger partial charge is 0.225 e. The lowest BCUT2D eigenvalue weighted by molar-refractivity contribution is 0.138. The van der Waals surface area contributed by atoms with Crippen LogP contribution in [-0.2, 0) is 16.1 Å². The molecule has 7 nitrogen and oxygen atoms in total. The molecule has 0 spiro atoms. The number of aryl methyl sites for hydroxylation is 1. The minimum absolute atomic E-state index is 0.217. The SMILES string of the molecule is C=S(C)(=O)N1CC=C(c2cc3c(cn2)O[C@@H](C2CCN(c4ncc(C)cn4)CC2)C3)CC1. The summed E-state index contributed by atoms with van der Waals surface area (Å²) >= 11 is 0. The minimum Gasteiger partial charge on any atom is -0.488 e. The second-order valence-corrected chi connectivity index (χ2v) is 11.7. The van der Waals surface area contributed by atoms with Crippen molar-refractivity contribution < 1.29 is 8.95 Å². The molecule has 32 heavy (non-hydrogen) atoms. The van der Waals surface area contributed by atoms with Crippen LogP contribution in [0.3, 0.4) is 0 Å². The van der Waals surface area contributed by atoms with Crippen LogP contribution >= 0.6 is 0 Å². The summed E-state index contributed by atoms with van der Waals surface area (Å²) in [5, 5.41) is 0. The monoisotopic (exact) mass is 453 g/mol. The van der Waals surface area contributed by atoms with Gasteiger partial charge in [0.05, 0.1) is 11.9 Å². The van der Waals surface area contributed by atoms with Crippen LogP contribution in [0.15, 0.2) is 30.7 Å². The fraction of sp³-hybridized carbons (Fsp3) is 0.500. The van der Waals surface area contributed by atoms with Crippen LogP contribution in [0.4, 0.5) is 5.95 Å². The fourth-order valence-corrected chi connectivity index (χ4v) is 5.73. The maximum Gasteiger partial charge on any atom is 0.225 e. The third-order valence-electron chi connectivity index (χ3n) is 6.81. The molecule has 0 N–H and O–H groups in total. The standard InChI is InChI=1S/C24H31N5O2S/c1-17-14-26-24(27-15-17)28-8-4-19(5-9-28)22-13-20-12-21(25-16-23(20)31-22)18-6-10-29(11-7-18)32(2,3)30/h6,12,14-16,19,22H,2,4-5,7-11,13H2,1,3H3/t22-,32?/m1/s1. The Morgan fingerprint density at radius 1 is 1.12 bits per heavy atom. The van der Waals surface area contributed by atoms with E-state index in [1.165, 1.54) is 11.1 Å². The number of hydrogen-bond acceptors (Lipinski definition) is 6. The molecule has 0 radical (unpaired) electrons. The van der Waals surface area contributed by atoms with Gasteiger partial charge in [0.15, 0.2) is 0 Å². The molecule has 170 valence electrons. The van der Waals surface area contributed by atoms with Crippen LogP contribution in [0.5, 0.6) is 5.75 Å². The largest absolute Gasteiger partial charge is 0.488 e. The van der Waals surface area contributed by atoms with Crippen LogP contribution in [-0.4, -0.2) is 67.9 Å². The first-order valence-corrected chi connectivity index (χ1v) is 13.4. The Kier molecular flexibility index (Phi) is 5.67. The molecular formula is C24H31N5O2S. The van der Waals surface area contributed by atoms with Gasteiger partial charge in [0, 0.05) is 66.5 Å². The summed E-state index contributed by atoms with van der Waals surface area (Å²) in [6.07, 6.45) is 13.7. The summed E-state index contributed by atoms with van der Waals surface area (Å²) < 4.78 is 20.4. The van der Waals surface area contributed by atoms with E-state index in [-0.39, 0.29) is 6.10 Å². The van der Waals surface area contributed by atoms with Gasteiger partial charge < -0.3 is 9.64 Å². The summed E-state index contributed by atoms with van der Waals surface area (Å²) in [6.45, 7) is 5.35.